The first-order valence-corrected chi connectivity index (χ1v) is 4.57. The molecule has 0 amide bonds. The van der Waals surface area contributed by atoms with Gasteiger partial charge in [0, 0.05) is 6.20 Å². The van der Waals surface area contributed by atoms with Crippen LogP contribution in [0.4, 0.5) is 13.2 Å². The maximum atomic E-state index is 13.1. The summed E-state index contributed by atoms with van der Waals surface area (Å²) in [6.07, 6.45) is -1.79. The molecule has 0 N–H and O–H groups in total. The second-order valence-corrected chi connectivity index (χ2v) is 3.34. The zero-order valence-electron chi connectivity index (χ0n) is 6.20. The molecule has 1 aromatic heterocycles. The highest BCUT2D eigenvalue weighted by Crippen LogP contribution is 2.29. The topological polar surface area (TPSA) is 12.9 Å². The molecule has 6 heteroatoms. The summed E-state index contributed by atoms with van der Waals surface area (Å²) >= 11 is 8.09. The fraction of sp³-hybridized carbons (Fsp3) is 0.286. The number of pyridine rings is 1. The van der Waals surface area contributed by atoms with E-state index in [9.17, 15) is 13.2 Å². The van der Waals surface area contributed by atoms with E-state index in [0.29, 0.717) is 0 Å². The van der Waals surface area contributed by atoms with E-state index >= 15 is 0 Å². The summed E-state index contributed by atoms with van der Waals surface area (Å²) in [6, 6.07) is 0. The first-order valence-electron chi connectivity index (χ1n) is 3.24. The van der Waals surface area contributed by atoms with Gasteiger partial charge in [0.05, 0.1) is 21.6 Å². The van der Waals surface area contributed by atoms with Gasteiger partial charge in [-0.25, -0.2) is 13.2 Å². The van der Waals surface area contributed by atoms with Crippen LogP contribution in [-0.2, 0) is 5.88 Å². The third-order valence-corrected chi connectivity index (χ3v) is 2.24. The molecule has 0 radical (unpaired) electrons. The van der Waals surface area contributed by atoms with Crippen LogP contribution in [0.5, 0.6) is 0 Å². The Balaban J connectivity index is 3.32. The third kappa shape index (κ3) is 2.14. The lowest BCUT2D eigenvalue weighted by Gasteiger charge is -2.07. The van der Waals surface area contributed by atoms with E-state index in [4.69, 9.17) is 11.6 Å². The van der Waals surface area contributed by atoms with Crippen LogP contribution < -0.4 is 0 Å². The van der Waals surface area contributed by atoms with Crippen molar-refractivity contribution in [3.63, 3.8) is 0 Å². The Morgan fingerprint density at radius 3 is 2.62 bits per heavy atom. The van der Waals surface area contributed by atoms with Crippen LogP contribution in [-0.4, -0.2) is 4.98 Å². The number of rotatable bonds is 2. The van der Waals surface area contributed by atoms with Crippen molar-refractivity contribution in [1.29, 1.82) is 0 Å². The molecule has 1 heterocycles. The molecule has 0 aliphatic heterocycles. The van der Waals surface area contributed by atoms with E-state index in [-0.39, 0.29) is 16.0 Å². The third-order valence-electron chi connectivity index (χ3n) is 1.44. The smallest absolute Gasteiger partial charge is 0.258 e. The van der Waals surface area contributed by atoms with Crippen molar-refractivity contribution in [2.45, 2.75) is 12.3 Å². The molecule has 0 aliphatic rings. The zero-order chi connectivity index (χ0) is 10.0. The number of hydrogen-bond acceptors (Lipinski definition) is 1. The van der Waals surface area contributed by atoms with Crippen molar-refractivity contribution in [2.24, 2.45) is 0 Å². The molecule has 0 spiro atoms. The number of aromatic nitrogens is 1. The standard InChI is InChI=1S/C7H4BrClF3N/c8-3-2-13-4(1-9)5(6(3)10)7(11)12/h2,7H,1H2. The van der Waals surface area contributed by atoms with Crippen LogP contribution in [0.1, 0.15) is 17.7 Å². The van der Waals surface area contributed by atoms with Gasteiger partial charge < -0.3 is 0 Å². The van der Waals surface area contributed by atoms with Crippen LogP contribution in [0.25, 0.3) is 0 Å². The van der Waals surface area contributed by atoms with Gasteiger partial charge in [0.2, 0.25) is 0 Å². The highest BCUT2D eigenvalue weighted by molar-refractivity contribution is 9.10. The average molecular weight is 274 g/mol. The van der Waals surface area contributed by atoms with Crippen LogP contribution in [0, 0.1) is 5.82 Å². The highest BCUT2D eigenvalue weighted by Gasteiger charge is 2.21. The number of halogens is 5. The maximum absolute atomic E-state index is 13.1. The lowest BCUT2D eigenvalue weighted by Crippen LogP contribution is -2.01. The molecule has 0 saturated heterocycles. The minimum atomic E-state index is -2.90. The van der Waals surface area contributed by atoms with Crippen LogP contribution >= 0.6 is 27.5 Å². The summed E-state index contributed by atoms with van der Waals surface area (Å²) in [5.41, 5.74) is -0.859. The Labute approximate surface area is 86.0 Å². The molecule has 0 atom stereocenters. The number of nitrogens with zero attached hydrogens (tertiary/aromatic N) is 1. The largest absolute Gasteiger partial charge is 0.268 e. The van der Waals surface area contributed by atoms with Crippen molar-refractivity contribution >= 4 is 27.5 Å². The fourth-order valence-electron chi connectivity index (χ4n) is 0.844. The quantitative estimate of drug-likeness (QED) is 0.750. The molecular formula is C7H4BrClF3N. The summed E-state index contributed by atoms with van der Waals surface area (Å²) in [4.78, 5) is 3.58. The van der Waals surface area contributed by atoms with Crippen molar-refractivity contribution in [2.75, 3.05) is 0 Å². The van der Waals surface area contributed by atoms with E-state index < -0.39 is 17.8 Å². The van der Waals surface area contributed by atoms with Gasteiger partial charge in [-0.3, -0.25) is 4.98 Å². The lowest BCUT2D eigenvalue weighted by molar-refractivity contribution is 0.144. The van der Waals surface area contributed by atoms with Crippen LogP contribution in [0.3, 0.4) is 0 Å². The summed E-state index contributed by atoms with van der Waals surface area (Å²) in [5.74, 6) is -1.23. The van der Waals surface area contributed by atoms with Crippen LogP contribution in [0.2, 0.25) is 0 Å². The molecule has 0 aliphatic carbocycles. The van der Waals surface area contributed by atoms with Crippen molar-refractivity contribution in [3.05, 3.63) is 27.7 Å². The predicted molar refractivity (Wildman–Crippen MR) is 46.4 cm³/mol. The molecule has 13 heavy (non-hydrogen) atoms. The number of alkyl halides is 3. The molecule has 1 nitrogen and oxygen atoms in total. The van der Waals surface area contributed by atoms with Gasteiger partial charge in [-0.2, -0.15) is 0 Å². The van der Waals surface area contributed by atoms with Crippen molar-refractivity contribution in [3.8, 4) is 0 Å². The Kier molecular flexibility index (Phi) is 3.55. The van der Waals surface area contributed by atoms with Crippen molar-refractivity contribution in [1.82, 2.24) is 4.98 Å². The minimum Gasteiger partial charge on any atom is -0.258 e. The average Bonchev–Trinajstić information content (AvgIpc) is 2.08. The fourth-order valence-corrected chi connectivity index (χ4v) is 1.37. The monoisotopic (exact) mass is 273 g/mol. The highest BCUT2D eigenvalue weighted by atomic mass is 79.9. The summed E-state index contributed by atoms with van der Waals surface area (Å²) in [5, 5.41) is 0. The first-order chi connectivity index (χ1) is 6.07. The van der Waals surface area contributed by atoms with Crippen molar-refractivity contribution < 1.29 is 13.2 Å². The summed E-state index contributed by atoms with van der Waals surface area (Å²) in [7, 11) is 0. The van der Waals surface area contributed by atoms with E-state index in [1.165, 1.54) is 0 Å². The lowest BCUT2D eigenvalue weighted by atomic mass is 10.2. The molecule has 0 bridgehead atoms. The second kappa shape index (κ2) is 4.28. The Morgan fingerprint density at radius 1 is 1.54 bits per heavy atom. The van der Waals surface area contributed by atoms with Gasteiger partial charge in [0.15, 0.2) is 0 Å². The molecule has 1 rings (SSSR count). The maximum Gasteiger partial charge on any atom is 0.268 e. The van der Waals surface area contributed by atoms with E-state index in [0.717, 1.165) is 6.20 Å². The Morgan fingerprint density at radius 2 is 2.15 bits per heavy atom. The van der Waals surface area contributed by atoms with E-state index in [1.807, 2.05) is 0 Å². The first kappa shape index (κ1) is 10.8. The van der Waals surface area contributed by atoms with Gasteiger partial charge in [-0.05, 0) is 15.9 Å². The second-order valence-electron chi connectivity index (χ2n) is 2.21. The molecule has 0 saturated carbocycles. The minimum absolute atomic E-state index is 0.0864. The molecule has 72 valence electrons. The van der Waals surface area contributed by atoms with E-state index in [1.54, 1.807) is 0 Å². The Bertz CT molecular complexity index is 319. The zero-order valence-corrected chi connectivity index (χ0v) is 8.54. The van der Waals surface area contributed by atoms with E-state index in [2.05, 4.69) is 20.9 Å². The Hall–Kier alpha value is -0.290. The molecule has 0 unspecified atom stereocenters. The van der Waals surface area contributed by atoms with Gasteiger partial charge in [0.1, 0.15) is 5.82 Å². The SMILES string of the molecule is Fc1c(Br)cnc(CCl)c1C(F)F. The molecular weight excluding hydrogens is 270 g/mol. The van der Waals surface area contributed by atoms with Gasteiger partial charge in [-0.1, -0.05) is 0 Å². The number of hydrogen-bond donors (Lipinski definition) is 0. The molecule has 0 fully saturated rings. The summed E-state index contributed by atoms with van der Waals surface area (Å²) < 4.78 is 37.6. The van der Waals surface area contributed by atoms with Gasteiger partial charge in [-0.15, -0.1) is 11.6 Å². The van der Waals surface area contributed by atoms with Crippen LogP contribution in [0.15, 0.2) is 10.7 Å². The predicted octanol–water partition coefficient (Wildman–Crippen LogP) is 3.66. The normalized spacial score (nSPS) is 10.9. The molecule has 0 aromatic carbocycles. The van der Waals surface area contributed by atoms with Gasteiger partial charge in [0.25, 0.3) is 6.43 Å². The summed E-state index contributed by atoms with van der Waals surface area (Å²) in [6.45, 7) is 0. The molecule has 1 aromatic rings. The van der Waals surface area contributed by atoms with Gasteiger partial charge >= 0.3 is 0 Å².